The number of nitrogens with zero attached hydrogens (tertiary/aromatic N) is 2. The molecule has 2 aromatic rings. The molecule has 9 heteroatoms. The Bertz CT molecular complexity index is 745. The van der Waals surface area contributed by atoms with Crippen molar-refractivity contribution in [3.63, 3.8) is 0 Å². The number of aliphatic hydroxyl groups is 1. The van der Waals surface area contributed by atoms with Gasteiger partial charge >= 0.3 is 6.18 Å². The highest BCUT2D eigenvalue weighted by Gasteiger charge is 2.58. The second-order valence-electron chi connectivity index (χ2n) is 5.59. The maximum absolute atomic E-state index is 13.5. The average Bonchev–Trinajstić information content (AvgIpc) is 2.94. The number of imidazole rings is 1. The first-order valence-electron chi connectivity index (χ1n) is 7.42. The van der Waals surface area contributed by atoms with Crippen LogP contribution in [0.3, 0.4) is 0 Å². The Morgan fingerprint density at radius 3 is 2.56 bits per heavy atom. The van der Waals surface area contributed by atoms with Crippen LogP contribution in [0.1, 0.15) is 17.8 Å². The highest BCUT2D eigenvalue weighted by molar-refractivity contribution is 5.77. The number of hydrogen-bond acceptors (Lipinski definition) is 3. The van der Waals surface area contributed by atoms with Crippen molar-refractivity contribution in [3.05, 3.63) is 53.9 Å². The standard InChI is InChI=1S/C16H17F4N3O2/c1-23-9-8-22-14(23)15(25,16(18,19)20)10-13(24)21-7-6-11-4-2-3-5-12(11)17/h2-5,8-9,25H,6-7,10H2,1H3,(H,21,24)/t15-/m0/s1. The number of carbonyl (C=O) groups is 1. The van der Waals surface area contributed by atoms with Crippen LogP contribution >= 0.6 is 0 Å². The maximum Gasteiger partial charge on any atom is 0.425 e. The van der Waals surface area contributed by atoms with Gasteiger partial charge in [-0.3, -0.25) is 4.79 Å². The van der Waals surface area contributed by atoms with E-state index in [4.69, 9.17) is 0 Å². The van der Waals surface area contributed by atoms with Gasteiger partial charge in [0, 0.05) is 26.0 Å². The zero-order valence-corrected chi connectivity index (χ0v) is 13.3. The largest absolute Gasteiger partial charge is 0.425 e. The molecular weight excluding hydrogens is 342 g/mol. The molecule has 0 aliphatic heterocycles. The Kier molecular flexibility index (Phi) is 5.46. The molecule has 0 radical (unpaired) electrons. The molecule has 0 unspecified atom stereocenters. The van der Waals surface area contributed by atoms with Crippen LogP contribution in [0.4, 0.5) is 17.6 Å². The molecule has 5 nitrogen and oxygen atoms in total. The van der Waals surface area contributed by atoms with E-state index in [1.54, 1.807) is 6.07 Å². The zero-order chi connectivity index (χ0) is 18.7. The summed E-state index contributed by atoms with van der Waals surface area (Å²) in [5.74, 6) is -2.15. The van der Waals surface area contributed by atoms with E-state index in [9.17, 15) is 27.5 Å². The number of amides is 1. The van der Waals surface area contributed by atoms with Crippen molar-refractivity contribution in [1.82, 2.24) is 14.9 Å². The molecule has 0 saturated heterocycles. The highest BCUT2D eigenvalue weighted by Crippen LogP contribution is 2.40. The SMILES string of the molecule is Cn1ccnc1[C@@](O)(CC(=O)NCCc1ccccc1F)C(F)(F)F. The van der Waals surface area contributed by atoms with Crippen LogP contribution in [0.15, 0.2) is 36.7 Å². The molecule has 1 atom stereocenters. The second kappa shape index (κ2) is 7.22. The van der Waals surface area contributed by atoms with Crippen molar-refractivity contribution in [1.29, 1.82) is 0 Å². The van der Waals surface area contributed by atoms with Crippen LogP contribution < -0.4 is 5.32 Å². The van der Waals surface area contributed by atoms with Crippen molar-refractivity contribution in [2.75, 3.05) is 6.54 Å². The highest BCUT2D eigenvalue weighted by atomic mass is 19.4. The molecule has 2 N–H and O–H groups in total. The third kappa shape index (κ3) is 4.16. The molecular formula is C16H17F4N3O2. The van der Waals surface area contributed by atoms with E-state index in [-0.39, 0.29) is 13.0 Å². The summed E-state index contributed by atoms with van der Waals surface area (Å²) in [4.78, 5) is 15.4. The Morgan fingerprint density at radius 2 is 2.00 bits per heavy atom. The van der Waals surface area contributed by atoms with Crippen LogP contribution in [0.5, 0.6) is 0 Å². The lowest BCUT2D eigenvalue weighted by Crippen LogP contribution is -2.48. The molecule has 0 bridgehead atoms. The quantitative estimate of drug-likeness (QED) is 0.776. The predicted octanol–water partition coefficient (Wildman–Crippen LogP) is 2.06. The Balaban J connectivity index is 2.03. The van der Waals surface area contributed by atoms with Crippen LogP contribution in [-0.2, 0) is 23.9 Å². The summed E-state index contributed by atoms with van der Waals surface area (Å²) < 4.78 is 54.4. The van der Waals surface area contributed by atoms with Crippen molar-refractivity contribution in [2.45, 2.75) is 24.6 Å². The van der Waals surface area contributed by atoms with Crippen molar-refractivity contribution < 1.29 is 27.5 Å². The third-order valence-corrected chi connectivity index (χ3v) is 3.75. The number of rotatable bonds is 6. The molecule has 25 heavy (non-hydrogen) atoms. The number of aryl methyl sites for hydroxylation is 1. The van der Waals surface area contributed by atoms with Gasteiger partial charge < -0.3 is 15.0 Å². The van der Waals surface area contributed by atoms with Gasteiger partial charge in [-0.2, -0.15) is 13.2 Å². The predicted molar refractivity (Wildman–Crippen MR) is 80.9 cm³/mol. The number of benzene rings is 1. The summed E-state index contributed by atoms with van der Waals surface area (Å²) in [5, 5.41) is 12.4. The molecule has 1 amide bonds. The summed E-state index contributed by atoms with van der Waals surface area (Å²) >= 11 is 0. The van der Waals surface area contributed by atoms with Crippen molar-refractivity contribution >= 4 is 5.91 Å². The zero-order valence-electron chi connectivity index (χ0n) is 13.3. The minimum atomic E-state index is -5.09. The van der Waals surface area contributed by atoms with Gasteiger partial charge in [-0.1, -0.05) is 18.2 Å². The minimum Gasteiger partial charge on any atom is -0.374 e. The van der Waals surface area contributed by atoms with E-state index in [2.05, 4.69) is 10.3 Å². The van der Waals surface area contributed by atoms with Gasteiger partial charge in [-0.05, 0) is 18.1 Å². The van der Waals surface area contributed by atoms with Gasteiger partial charge in [0.15, 0.2) is 5.82 Å². The molecule has 2 rings (SSSR count). The fraction of sp³-hybridized carbons (Fsp3) is 0.375. The number of halogens is 4. The maximum atomic E-state index is 13.5. The molecule has 0 fully saturated rings. The van der Waals surface area contributed by atoms with Crippen LogP contribution in [0.2, 0.25) is 0 Å². The first kappa shape index (κ1) is 18.9. The molecule has 0 spiro atoms. The molecule has 0 saturated carbocycles. The summed E-state index contributed by atoms with van der Waals surface area (Å²) in [7, 11) is 1.29. The van der Waals surface area contributed by atoms with Gasteiger partial charge in [-0.25, -0.2) is 9.37 Å². The molecule has 1 aromatic carbocycles. The first-order chi connectivity index (χ1) is 11.6. The van der Waals surface area contributed by atoms with E-state index < -0.39 is 35.7 Å². The van der Waals surface area contributed by atoms with Crippen LogP contribution in [-0.4, -0.2) is 33.3 Å². The Labute approximate surface area is 141 Å². The number of hydrogen-bond donors (Lipinski definition) is 2. The number of nitrogens with one attached hydrogen (secondary N) is 1. The van der Waals surface area contributed by atoms with Gasteiger partial charge in [0.2, 0.25) is 11.5 Å². The van der Waals surface area contributed by atoms with E-state index in [0.29, 0.717) is 5.56 Å². The number of aromatic nitrogens is 2. The summed E-state index contributed by atoms with van der Waals surface area (Å²) in [6.45, 7) is -0.0612. The topological polar surface area (TPSA) is 67.1 Å². The van der Waals surface area contributed by atoms with E-state index in [1.165, 1.54) is 31.4 Å². The monoisotopic (exact) mass is 359 g/mol. The van der Waals surface area contributed by atoms with Gasteiger partial charge in [0.25, 0.3) is 0 Å². The molecule has 1 heterocycles. The van der Waals surface area contributed by atoms with Gasteiger partial charge in [-0.15, -0.1) is 0 Å². The van der Waals surface area contributed by atoms with Crippen molar-refractivity contribution in [3.8, 4) is 0 Å². The number of alkyl halides is 3. The summed E-state index contributed by atoms with van der Waals surface area (Å²) in [6.07, 6.45) is -3.87. The second-order valence-corrected chi connectivity index (χ2v) is 5.59. The van der Waals surface area contributed by atoms with E-state index in [0.717, 1.165) is 10.8 Å². The Morgan fingerprint density at radius 1 is 1.32 bits per heavy atom. The molecule has 0 aliphatic rings. The minimum absolute atomic E-state index is 0.0612. The fourth-order valence-corrected chi connectivity index (χ4v) is 2.40. The van der Waals surface area contributed by atoms with Crippen LogP contribution in [0, 0.1) is 5.82 Å². The lowest BCUT2D eigenvalue weighted by molar-refractivity contribution is -0.271. The normalized spacial score (nSPS) is 14.2. The Hall–Kier alpha value is -2.42. The van der Waals surface area contributed by atoms with E-state index >= 15 is 0 Å². The fourth-order valence-electron chi connectivity index (χ4n) is 2.40. The molecule has 136 valence electrons. The lowest BCUT2D eigenvalue weighted by Gasteiger charge is -2.29. The summed E-state index contributed by atoms with van der Waals surface area (Å²) in [5.41, 5.74) is -3.08. The smallest absolute Gasteiger partial charge is 0.374 e. The third-order valence-electron chi connectivity index (χ3n) is 3.75. The van der Waals surface area contributed by atoms with Crippen LogP contribution in [0.25, 0.3) is 0 Å². The molecule has 1 aromatic heterocycles. The number of carbonyl (C=O) groups excluding carboxylic acids is 1. The first-order valence-corrected chi connectivity index (χ1v) is 7.42. The van der Waals surface area contributed by atoms with E-state index in [1.807, 2.05) is 0 Å². The van der Waals surface area contributed by atoms with Gasteiger partial charge in [0.05, 0.1) is 6.42 Å². The average molecular weight is 359 g/mol. The molecule has 0 aliphatic carbocycles. The lowest BCUT2D eigenvalue weighted by atomic mass is 9.97. The van der Waals surface area contributed by atoms with Gasteiger partial charge in [0.1, 0.15) is 5.82 Å². The van der Waals surface area contributed by atoms with Crippen molar-refractivity contribution in [2.24, 2.45) is 7.05 Å². The summed E-state index contributed by atoms with van der Waals surface area (Å²) in [6, 6.07) is 5.89.